The molecular formula is C12H14N2O4. The van der Waals surface area contributed by atoms with Crippen LogP contribution in [0, 0.1) is 0 Å². The van der Waals surface area contributed by atoms with Crippen molar-refractivity contribution < 1.29 is 19.1 Å². The summed E-state index contributed by atoms with van der Waals surface area (Å²) >= 11 is 0. The third kappa shape index (κ3) is 3.07. The lowest BCUT2D eigenvalue weighted by molar-refractivity contribution is -0.141. The zero-order valence-corrected chi connectivity index (χ0v) is 10.4. The highest BCUT2D eigenvalue weighted by atomic mass is 16.5. The van der Waals surface area contributed by atoms with E-state index in [1.54, 1.807) is 6.07 Å². The number of hydrogen-bond acceptors (Lipinski definition) is 4. The van der Waals surface area contributed by atoms with Crippen LogP contribution >= 0.6 is 0 Å². The lowest BCUT2D eigenvalue weighted by Crippen LogP contribution is -2.34. The molecule has 0 saturated carbocycles. The predicted molar refractivity (Wildman–Crippen MR) is 65.7 cm³/mol. The van der Waals surface area contributed by atoms with Crippen molar-refractivity contribution in [1.82, 2.24) is 4.90 Å². The minimum Gasteiger partial charge on any atom is -0.497 e. The Hall–Kier alpha value is -2.37. The summed E-state index contributed by atoms with van der Waals surface area (Å²) < 4.78 is 4.96. The van der Waals surface area contributed by atoms with Gasteiger partial charge in [0.05, 0.1) is 12.8 Å². The second-order valence-corrected chi connectivity index (χ2v) is 3.72. The molecule has 0 aliphatic heterocycles. The molecule has 1 rings (SSSR count). The fourth-order valence-corrected chi connectivity index (χ4v) is 1.26. The summed E-state index contributed by atoms with van der Waals surface area (Å²) in [5.74, 6) is -0.995. The van der Waals surface area contributed by atoms with Crippen molar-refractivity contribution in [2.75, 3.05) is 26.5 Å². The largest absolute Gasteiger partial charge is 0.497 e. The average molecular weight is 250 g/mol. The van der Waals surface area contributed by atoms with Crippen LogP contribution in [0.2, 0.25) is 0 Å². The van der Waals surface area contributed by atoms with Crippen LogP contribution in [-0.4, -0.2) is 44.2 Å². The first kappa shape index (κ1) is 13.7. The number of methoxy groups -OCH3 is 1. The Kier molecular flexibility index (Phi) is 4.42. The van der Waals surface area contributed by atoms with Crippen molar-refractivity contribution in [2.45, 2.75) is 0 Å². The molecule has 2 amide bonds. The Bertz CT molecular complexity index is 483. The van der Waals surface area contributed by atoms with Crippen LogP contribution < -0.4 is 10.1 Å². The summed E-state index contributed by atoms with van der Waals surface area (Å²) in [6.45, 7) is 0. The fourth-order valence-electron chi connectivity index (χ4n) is 1.26. The first-order valence-electron chi connectivity index (χ1n) is 5.15. The molecular weight excluding hydrogens is 236 g/mol. The molecule has 0 radical (unpaired) electrons. The number of carbonyl (C=O) groups is 3. The molecule has 0 atom stereocenters. The van der Waals surface area contributed by atoms with Crippen LogP contribution in [0.5, 0.6) is 5.75 Å². The van der Waals surface area contributed by atoms with Gasteiger partial charge in [-0.3, -0.25) is 14.4 Å². The monoisotopic (exact) mass is 250 g/mol. The van der Waals surface area contributed by atoms with Crippen LogP contribution in [-0.2, 0) is 9.59 Å². The number of amides is 2. The van der Waals surface area contributed by atoms with Crippen molar-refractivity contribution in [2.24, 2.45) is 0 Å². The normalized spacial score (nSPS) is 9.50. The van der Waals surface area contributed by atoms with Crippen molar-refractivity contribution >= 4 is 23.8 Å². The molecule has 1 N–H and O–H groups in total. The van der Waals surface area contributed by atoms with Crippen molar-refractivity contribution in [3.63, 3.8) is 0 Å². The van der Waals surface area contributed by atoms with Gasteiger partial charge in [-0.1, -0.05) is 0 Å². The quantitative estimate of drug-likeness (QED) is 0.627. The number of benzene rings is 1. The number of aldehydes is 1. The lowest BCUT2D eigenvalue weighted by atomic mass is 10.2. The van der Waals surface area contributed by atoms with E-state index in [9.17, 15) is 14.4 Å². The zero-order valence-electron chi connectivity index (χ0n) is 10.4. The number of carbonyl (C=O) groups excluding carboxylic acids is 3. The second-order valence-electron chi connectivity index (χ2n) is 3.72. The second kappa shape index (κ2) is 5.81. The first-order valence-corrected chi connectivity index (χ1v) is 5.15. The van der Waals surface area contributed by atoms with Crippen LogP contribution in [0.15, 0.2) is 18.2 Å². The van der Waals surface area contributed by atoms with Crippen molar-refractivity contribution in [3.8, 4) is 5.75 Å². The van der Waals surface area contributed by atoms with Gasteiger partial charge in [0.1, 0.15) is 5.75 Å². The van der Waals surface area contributed by atoms with Crippen molar-refractivity contribution in [3.05, 3.63) is 23.8 Å². The molecule has 0 spiro atoms. The van der Waals surface area contributed by atoms with E-state index in [0.29, 0.717) is 12.0 Å². The Morgan fingerprint density at radius 3 is 2.50 bits per heavy atom. The van der Waals surface area contributed by atoms with Gasteiger partial charge in [0.15, 0.2) is 6.29 Å². The van der Waals surface area contributed by atoms with Crippen LogP contribution in [0.1, 0.15) is 10.4 Å². The van der Waals surface area contributed by atoms with Crippen LogP contribution in [0.25, 0.3) is 0 Å². The summed E-state index contributed by atoms with van der Waals surface area (Å²) in [7, 11) is 4.41. The van der Waals surface area contributed by atoms with Gasteiger partial charge in [0.2, 0.25) is 0 Å². The number of nitrogens with one attached hydrogen (secondary N) is 1. The molecule has 96 valence electrons. The van der Waals surface area contributed by atoms with E-state index < -0.39 is 11.8 Å². The molecule has 1 aromatic carbocycles. The molecule has 6 heteroatoms. The molecule has 0 aliphatic rings. The van der Waals surface area contributed by atoms with Gasteiger partial charge in [-0.05, 0) is 18.2 Å². The molecule has 18 heavy (non-hydrogen) atoms. The Morgan fingerprint density at radius 2 is 2.00 bits per heavy atom. The van der Waals surface area contributed by atoms with Gasteiger partial charge < -0.3 is 15.0 Å². The number of likely N-dealkylation sites (N-methyl/N-ethyl adjacent to an activating group) is 1. The Morgan fingerprint density at radius 1 is 1.33 bits per heavy atom. The average Bonchev–Trinajstić information content (AvgIpc) is 2.37. The lowest BCUT2D eigenvalue weighted by Gasteiger charge is -2.12. The SMILES string of the molecule is COc1ccc(NC(=O)C(=O)N(C)C)c(C=O)c1. The highest BCUT2D eigenvalue weighted by Gasteiger charge is 2.17. The predicted octanol–water partition coefficient (Wildman–Crippen LogP) is 0.534. The molecule has 0 saturated heterocycles. The Labute approximate surface area is 105 Å². The molecule has 1 aromatic rings. The molecule has 0 aromatic heterocycles. The van der Waals surface area contributed by atoms with Gasteiger partial charge in [0, 0.05) is 19.7 Å². The molecule has 0 aliphatic carbocycles. The maximum Gasteiger partial charge on any atom is 0.313 e. The molecule has 0 heterocycles. The van der Waals surface area contributed by atoms with E-state index in [2.05, 4.69) is 5.32 Å². The van der Waals surface area contributed by atoms with E-state index in [4.69, 9.17) is 4.74 Å². The first-order chi connectivity index (χ1) is 8.49. The highest BCUT2D eigenvalue weighted by Crippen LogP contribution is 2.20. The number of nitrogens with zero attached hydrogens (tertiary/aromatic N) is 1. The standard InChI is InChI=1S/C12H14N2O4/c1-14(2)12(17)11(16)13-10-5-4-9(18-3)6-8(10)7-15/h4-7H,1-3H3,(H,13,16). The topological polar surface area (TPSA) is 75.7 Å². The van der Waals surface area contributed by atoms with Gasteiger partial charge in [0.25, 0.3) is 0 Å². The maximum atomic E-state index is 11.5. The molecule has 0 fully saturated rings. The molecule has 0 unspecified atom stereocenters. The zero-order chi connectivity index (χ0) is 13.7. The van der Waals surface area contributed by atoms with Crippen molar-refractivity contribution in [1.29, 1.82) is 0 Å². The van der Waals surface area contributed by atoms with Crippen LogP contribution in [0.4, 0.5) is 5.69 Å². The number of anilines is 1. The highest BCUT2D eigenvalue weighted by molar-refractivity contribution is 6.39. The van der Waals surface area contributed by atoms with Gasteiger partial charge >= 0.3 is 11.8 Å². The van der Waals surface area contributed by atoms with Gasteiger partial charge in [-0.2, -0.15) is 0 Å². The van der Waals surface area contributed by atoms with Gasteiger partial charge in [-0.15, -0.1) is 0 Å². The third-order valence-electron chi connectivity index (χ3n) is 2.23. The van der Waals surface area contributed by atoms with E-state index in [-0.39, 0.29) is 11.3 Å². The minimum absolute atomic E-state index is 0.245. The summed E-state index contributed by atoms with van der Waals surface area (Å²) in [4.78, 5) is 34.9. The van der Waals surface area contributed by atoms with E-state index >= 15 is 0 Å². The van der Waals surface area contributed by atoms with E-state index in [0.717, 1.165) is 4.90 Å². The molecule has 6 nitrogen and oxygen atoms in total. The summed E-state index contributed by atoms with van der Waals surface area (Å²) in [5, 5.41) is 2.38. The summed E-state index contributed by atoms with van der Waals surface area (Å²) in [6, 6.07) is 4.56. The minimum atomic E-state index is -0.798. The molecule has 0 bridgehead atoms. The maximum absolute atomic E-state index is 11.5. The fraction of sp³-hybridized carbons (Fsp3) is 0.250. The number of hydrogen-bond donors (Lipinski definition) is 1. The Balaban J connectivity index is 2.94. The third-order valence-corrected chi connectivity index (χ3v) is 2.23. The summed E-state index contributed by atoms with van der Waals surface area (Å²) in [6.07, 6.45) is 0.582. The number of ether oxygens (including phenoxy) is 1. The van der Waals surface area contributed by atoms with E-state index in [1.165, 1.54) is 33.3 Å². The summed E-state index contributed by atoms with van der Waals surface area (Å²) in [5.41, 5.74) is 0.514. The van der Waals surface area contributed by atoms with E-state index in [1.807, 2.05) is 0 Å². The van der Waals surface area contributed by atoms with Gasteiger partial charge in [-0.25, -0.2) is 0 Å². The smallest absolute Gasteiger partial charge is 0.313 e. The van der Waals surface area contributed by atoms with Crippen LogP contribution in [0.3, 0.4) is 0 Å². The number of rotatable bonds is 3.